The van der Waals surface area contributed by atoms with Crippen molar-refractivity contribution in [2.45, 2.75) is 27.0 Å². The Morgan fingerprint density at radius 3 is 2.56 bits per heavy atom. The fourth-order valence-electron chi connectivity index (χ4n) is 2.83. The fraction of sp³-hybridized carbons (Fsp3) is 0.190. The molecule has 1 heterocycles. The molecule has 0 atom stereocenters. The van der Waals surface area contributed by atoms with Crippen LogP contribution in [-0.4, -0.2) is 15.7 Å². The van der Waals surface area contributed by atoms with Gasteiger partial charge in [-0.25, -0.2) is 4.79 Å². The van der Waals surface area contributed by atoms with E-state index in [9.17, 15) is 4.79 Å². The Kier molecular flexibility index (Phi) is 5.58. The van der Waals surface area contributed by atoms with Crippen molar-refractivity contribution in [3.63, 3.8) is 0 Å². The molecule has 0 aliphatic carbocycles. The number of carbonyl (C=O) groups excluding carboxylic acids is 1. The molecule has 0 saturated heterocycles. The predicted molar refractivity (Wildman–Crippen MR) is 103 cm³/mol. The number of nitriles is 1. The van der Waals surface area contributed by atoms with Crippen LogP contribution in [0.15, 0.2) is 48.5 Å². The molecule has 3 aromatic rings. The van der Waals surface area contributed by atoms with Gasteiger partial charge in [0.15, 0.2) is 0 Å². The SMILES string of the molecule is Cc1nn(Cc2ccccc2Cl)c(C)c1C(=O)OCc1ccc(C#N)cc1. The van der Waals surface area contributed by atoms with Gasteiger partial charge in [0.1, 0.15) is 12.2 Å². The van der Waals surface area contributed by atoms with Crippen molar-refractivity contribution in [1.29, 1.82) is 5.26 Å². The maximum atomic E-state index is 12.6. The summed E-state index contributed by atoms with van der Waals surface area (Å²) in [5, 5.41) is 14.0. The third-order valence-electron chi connectivity index (χ3n) is 4.32. The highest BCUT2D eigenvalue weighted by atomic mass is 35.5. The van der Waals surface area contributed by atoms with Gasteiger partial charge < -0.3 is 4.74 Å². The largest absolute Gasteiger partial charge is 0.457 e. The minimum absolute atomic E-state index is 0.138. The third kappa shape index (κ3) is 4.18. The molecule has 0 fully saturated rings. The van der Waals surface area contributed by atoms with Gasteiger partial charge in [0.2, 0.25) is 0 Å². The fourth-order valence-corrected chi connectivity index (χ4v) is 3.03. The highest BCUT2D eigenvalue weighted by Gasteiger charge is 2.20. The van der Waals surface area contributed by atoms with Crippen molar-refractivity contribution in [1.82, 2.24) is 9.78 Å². The Morgan fingerprint density at radius 2 is 1.89 bits per heavy atom. The Bertz CT molecular complexity index is 1020. The highest BCUT2D eigenvalue weighted by Crippen LogP contribution is 2.20. The van der Waals surface area contributed by atoms with Crippen LogP contribution in [-0.2, 0) is 17.9 Å². The maximum Gasteiger partial charge on any atom is 0.342 e. The van der Waals surface area contributed by atoms with E-state index in [0.717, 1.165) is 16.8 Å². The molecule has 0 saturated carbocycles. The average molecular weight is 380 g/mol. The topological polar surface area (TPSA) is 67.9 Å². The molecule has 1 aromatic heterocycles. The van der Waals surface area contributed by atoms with Crippen LogP contribution < -0.4 is 0 Å². The average Bonchev–Trinajstić information content (AvgIpc) is 2.95. The van der Waals surface area contributed by atoms with Gasteiger partial charge in [-0.15, -0.1) is 0 Å². The van der Waals surface area contributed by atoms with E-state index in [-0.39, 0.29) is 6.61 Å². The summed E-state index contributed by atoms with van der Waals surface area (Å²) in [6.45, 7) is 4.25. The lowest BCUT2D eigenvalue weighted by molar-refractivity contribution is 0.0471. The second-order valence-electron chi connectivity index (χ2n) is 6.18. The van der Waals surface area contributed by atoms with Crippen molar-refractivity contribution >= 4 is 17.6 Å². The first-order chi connectivity index (χ1) is 13.0. The molecule has 27 heavy (non-hydrogen) atoms. The molecule has 0 radical (unpaired) electrons. The summed E-state index contributed by atoms with van der Waals surface area (Å²) in [6.07, 6.45) is 0. The lowest BCUT2D eigenvalue weighted by Crippen LogP contribution is -2.09. The van der Waals surface area contributed by atoms with Crippen molar-refractivity contribution in [2.75, 3.05) is 0 Å². The smallest absolute Gasteiger partial charge is 0.342 e. The van der Waals surface area contributed by atoms with Gasteiger partial charge in [-0.1, -0.05) is 41.9 Å². The Labute approximate surface area is 162 Å². The molecular weight excluding hydrogens is 362 g/mol. The zero-order valence-electron chi connectivity index (χ0n) is 15.1. The van der Waals surface area contributed by atoms with Crippen LogP contribution in [0.3, 0.4) is 0 Å². The lowest BCUT2D eigenvalue weighted by atomic mass is 10.1. The number of carbonyl (C=O) groups is 1. The summed E-state index contributed by atoms with van der Waals surface area (Å²) in [5.74, 6) is -0.417. The number of esters is 1. The van der Waals surface area contributed by atoms with Gasteiger partial charge in [-0.2, -0.15) is 10.4 Å². The Balaban J connectivity index is 1.74. The number of halogens is 1. The summed E-state index contributed by atoms with van der Waals surface area (Å²) in [5.41, 5.74) is 4.14. The normalized spacial score (nSPS) is 10.4. The lowest BCUT2D eigenvalue weighted by Gasteiger charge is -2.08. The molecular formula is C21H18ClN3O2. The molecule has 0 unspecified atom stereocenters. The zero-order chi connectivity index (χ0) is 19.4. The molecule has 0 amide bonds. The molecule has 0 aliphatic rings. The molecule has 5 nitrogen and oxygen atoms in total. The zero-order valence-corrected chi connectivity index (χ0v) is 15.8. The van der Waals surface area contributed by atoms with Gasteiger partial charge >= 0.3 is 5.97 Å². The Hall–Kier alpha value is -3.10. The minimum atomic E-state index is -0.417. The first kappa shape index (κ1) is 18.7. The summed E-state index contributed by atoms with van der Waals surface area (Å²) in [7, 11) is 0. The van der Waals surface area contributed by atoms with Crippen LogP contribution in [0.25, 0.3) is 0 Å². The summed E-state index contributed by atoms with van der Waals surface area (Å²) < 4.78 is 7.19. The van der Waals surface area contributed by atoms with E-state index in [1.54, 1.807) is 35.9 Å². The second-order valence-corrected chi connectivity index (χ2v) is 6.59. The first-order valence-corrected chi connectivity index (χ1v) is 8.81. The molecule has 0 N–H and O–H groups in total. The van der Waals surface area contributed by atoms with Crippen molar-refractivity contribution in [3.8, 4) is 6.07 Å². The van der Waals surface area contributed by atoms with E-state index in [0.29, 0.717) is 28.4 Å². The molecule has 0 aliphatic heterocycles. The number of ether oxygens (including phenoxy) is 1. The van der Waals surface area contributed by atoms with Gasteiger partial charge in [0.05, 0.1) is 29.6 Å². The Morgan fingerprint density at radius 1 is 1.19 bits per heavy atom. The van der Waals surface area contributed by atoms with Gasteiger partial charge in [-0.3, -0.25) is 4.68 Å². The monoisotopic (exact) mass is 379 g/mol. The molecule has 3 rings (SSSR count). The third-order valence-corrected chi connectivity index (χ3v) is 4.69. The van der Waals surface area contributed by atoms with E-state index >= 15 is 0 Å². The van der Waals surface area contributed by atoms with Crippen LogP contribution in [0.5, 0.6) is 0 Å². The van der Waals surface area contributed by atoms with Crippen LogP contribution in [0.4, 0.5) is 0 Å². The number of rotatable bonds is 5. The van der Waals surface area contributed by atoms with Crippen molar-refractivity contribution in [3.05, 3.63) is 87.2 Å². The van der Waals surface area contributed by atoms with E-state index in [1.165, 1.54) is 0 Å². The van der Waals surface area contributed by atoms with Crippen LogP contribution in [0, 0.1) is 25.2 Å². The first-order valence-electron chi connectivity index (χ1n) is 8.43. The van der Waals surface area contributed by atoms with Crippen molar-refractivity contribution in [2.24, 2.45) is 0 Å². The number of aromatic nitrogens is 2. The summed E-state index contributed by atoms with van der Waals surface area (Å²) in [6, 6.07) is 16.5. The van der Waals surface area contributed by atoms with E-state index in [2.05, 4.69) is 11.2 Å². The highest BCUT2D eigenvalue weighted by molar-refractivity contribution is 6.31. The van der Waals surface area contributed by atoms with E-state index in [1.807, 2.05) is 31.2 Å². The standard InChI is InChI=1S/C21H18ClN3O2/c1-14-20(21(26)27-13-17-9-7-16(11-23)8-10-17)15(2)25(24-14)12-18-5-3-4-6-19(18)22/h3-10H,12-13H2,1-2H3. The molecule has 6 heteroatoms. The number of benzene rings is 2. The molecule has 0 spiro atoms. The summed E-state index contributed by atoms with van der Waals surface area (Å²) >= 11 is 6.22. The number of hydrogen-bond acceptors (Lipinski definition) is 4. The quantitative estimate of drug-likeness (QED) is 0.615. The number of nitrogens with zero attached hydrogens (tertiary/aromatic N) is 3. The molecule has 2 aromatic carbocycles. The number of hydrogen-bond donors (Lipinski definition) is 0. The van der Waals surface area contributed by atoms with E-state index in [4.69, 9.17) is 21.6 Å². The summed E-state index contributed by atoms with van der Waals surface area (Å²) in [4.78, 5) is 12.6. The predicted octanol–water partition coefficient (Wildman–Crippen LogP) is 4.43. The number of aryl methyl sites for hydroxylation is 1. The van der Waals surface area contributed by atoms with Crippen molar-refractivity contribution < 1.29 is 9.53 Å². The van der Waals surface area contributed by atoms with Gasteiger partial charge in [0.25, 0.3) is 0 Å². The van der Waals surface area contributed by atoms with Crippen LogP contribution in [0.1, 0.15) is 38.4 Å². The van der Waals surface area contributed by atoms with Crippen LogP contribution >= 0.6 is 11.6 Å². The van der Waals surface area contributed by atoms with E-state index < -0.39 is 5.97 Å². The molecule has 136 valence electrons. The van der Waals surface area contributed by atoms with Crippen LogP contribution in [0.2, 0.25) is 5.02 Å². The van der Waals surface area contributed by atoms with Gasteiger partial charge in [-0.05, 0) is 43.2 Å². The minimum Gasteiger partial charge on any atom is -0.457 e. The maximum absolute atomic E-state index is 12.6. The van der Waals surface area contributed by atoms with Gasteiger partial charge in [0, 0.05) is 5.02 Å². The molecule has 0 bridgehead atoms. The second kappa shape index (κ2) is 8.07.